The topological polar surface area (TPSA) is 128 Å². The number of nitrogens with two attached hydrogens (primary N) is 1. The summed E-state index contributed by atoms with van der Waals surface area (Å²) in [4.78, 5) is 48.2. The number of benzene rings is 2. The second-order valence-corrected chi connectivity index (χ2v) is 8.61. The fourth-order valence-electron chi connectivity index (χ4n) is 2.47. The Kier molecular flexibility index (Phi) is 9.02. The molecule has 0 heterocycles. The predicted octanol–water partition coefficient (Wildman–Crippen LogP) is 3.33. The van der Waals surface area contributed by atoms with E-state index in [4.69, 9.17) is 22.1 Å². The highest BCUT2D eigenvalue weighted by Crippen LogP contribution is 2.32. The first-order valence-electron chi connectivity index (χ1n) is 8.83. The van der Waals surface area contributed by atoms with Crippen LogP contribution >= 0.6 is 43.5 Å². The maximum Gasteiger partial charge on any atom is 0.329 e. The number of primary amides is 1. The number of carbonyl (C=O) groups is 4. The fraction of sp³-hybridized carbons (Fsp3) is 0.200. The van der Waals surface area contributed by atoms with E-state index in [0.717, 1.165) is 5.56 Å². The molecule has 0 bridgehead atoms. The van der Waals surface area contributed by atoms with E-state index in [-0.39, 0.29) is 5.56 Å². The smallest absolute Gasteiger partial charge is 0.329 e. The number of hydrogen-bond donors (Lipinski definition) is 3. The Morgan fingerprint density at radius 3 is 2.23 bits per heavy atom. The van der Waals surface area contributed by atoms with Crippen molar-refractivity contribution in [2.75, 3.05) is 11.9 Å². The Morgan fingerprint density at radius 1 is 1.10 bits per heavy atom. The maximum atomic E-state index is 12.4. The van der Waals surface area contributed by atoms with Crippen molar-refractivity contribution in [3.8, 4) is 0 Å². The number of esters is 1. The number of hydrogen-bond acceptors (Lipinski definition) is 5. The van der Waals surface area contributed by atoms with E-state index in [9.17, 15) is 19.2 Å². The average molecular weight is 576 g/mol. The van der Waals surface area contributed by atoms with Gasteiger partial charge in [0, 0.05) is 19.5 Å². The summed E-state index contributed by atoms with van der Waals surface area (Å²) < 4.78 is 6.25. The van der Waals surface area contributed by atoms with Gasteiger partial charge in [-0.2, -0.15) is 0 Å². The van der Waals surface area contributed by atoms with Crippen molar-refractivity contribution in [1.82, 2.24) is 5.32 Å². The van der Waals surface area contributed by atoms with Crippen LogP contribution in [0.1, 0.15) is 22.3 Å². The lowest BCUT2D eigenvalue weighted by molar-refractivity contribution is -0.150. The molecule has 1 atom stereocenters. The molecule has 31 heavy (non-hydrogen) atoms. The lowest BCUT2D eigenvalue weighted by Gasteiger charge is -2.17. The Morgan fingerprint density at radius 2 is 1.68 bits per heavy atom. The van der Waals surface area contributed by atoms with Gasteiger partial charge in [-0.05, 0) is 80.7 Å². The minimum absolute atomic E-state index is 0.221. The van der Waals surface area contributed by atoms with E-state index in [1.807, 2.05) is 19.1 Å². The number of ether oxygens (including phenoxy) is 1. The van der Waals surface area contributed by atoms with Crippen LogP contribution in [-0.4, -0.2) is 36.3 Å². The quantitative estimate of drug-likeness (QED) is 0.416. The Labute approximate surface area is 200 Å². The van der Waals surface area contributed by atoms with Gasteiger partial charge in [-0.3, -0.25) is 14.4 Å². The third kappa shape index (κ3) is 7.64. The Balaban J connectivity index is 2.00. The van der Waals surface area contributed by atoms with Gasteiger partial charge in [-0.15, -0.1) is 0 Å². The van der Waals surface area contributed by atoms with Crippen LogP contribution in [-0.2, 0) is 19.1 Å². The summed E-state index contributed by atoms with van der Waals surface area (Å²) >= 11 is 12.5. The van der Waals surface area contributed by atoms with Gasteiger partial charge in [-0.1, -0.05) is 11.6 Å². The molecule has 3 amide bonds. The lowest BCUT2D eigenvalue weighted by Crippen LogP contribution is -2.44. The molecule has 2 rings (SSSR count). The zero-order valence-corrected chi connectivity index (χ0v) is 20.1. The zero-order chi connectivity index (χ0) is 23.1. The third-order valence-electron chi connectivity index (χ3n) is 3.90. The van der Waals surface area contributed by atoms with Crippen molar-refractivity contribution in [3.63, 3.8) is 0 Å². The molecule has 0 radical (unpaired) electrons. The van der Waals surface area contributed by atoms with Crippen LogP contribution < -0.4 is 16.4 Å². The van der Waals surface area contributed by atoms with Crippen molar-refractivity contribution in [2.45, 2.75) is 19.4 Å². The van der Waals surface area contributed by atoms with Crippen LogP contribution in [0.15, 0.2) is 45.3 Å². The third-order valence-corrected chi connectivity index (χ3v) is 5.40. The van der Waals surface area contributed by atoms with Gasteiger partial charge in [0.05, 0.1) is 12.1 Å². The molecule has 0 aliphatic carbocycles. The highest BCUT2D eigenvalue weighted by atomic mass is 79.9. The summed E-state index contributed by atoms with van der Waals surface area (Å²) in [5.74, 6) is -3.04. The van der Waals surface area contributed by atoms with Crippen LogP contribution in [0.4, 0.5) is 5.69 Å². The first kappa shape index (κ1) is 24.8. The van der Waals surface area contributed by atoms with Gasteiger partial charge < -0.3 is 21.1 Å². The number of carbonyl (C=O) groups excluding carboxylic acids is 4. The molecule has 2 aromatic rings. The molecular formula is C20H18Br2ClN3O5. The molecule has 0 fully saturated rings. The number of amides is 3. The van der Waals surface area contributed by atoms with E-state index in [2.05, 4.69) is 42.5 Å². The summed E-state index contributed by atoms with van der Waals surface area (Å²) in [5.41, 5.74) is 6.82. The summed E-state index contributed by atoms with van der Waals surface area (Å²) in [6.07, 6.45) is -0.491. The molecule has 0 spiro atoms. The van der Waals surface area contributed by atoms with Crippen molar-refractivity contribution in [2.24, 2.45) is 5.73 Å². The fourth-order valence-corrected chi connectivity index (χ4v) is 4.21. The minimum Gasteiger partial charge on any atom is -0.454 e. The molecule has 0 unspecified atom stereocenters. The van der Waals surface area contributed by atoms with E-state index in [1.165, 1.54) is 24.3 Å². The molecule has 0 aliphatic rings. The number of rotatable bonds is 8. The van der Waals surface area contributed by atoms with Gasteiger partial charge in [0.2, 0.25) is 5.91 Å². The lowest BCUT2D eigenvalue weighted by atomic mass is 10.1. The van der Waals surface area contributed by atoms with Crippen LogP contribution in [0.25, 0.3) is 0 Å². The highest BCUT2D eigenvalue weighted by Gasteiger charge is 2.26. The summed E-state index contributed by atoms with van der Waals surface area (Å²) in [7, 11) is 0. The van der Waals surface area contributed by atoms with E-state index < -0.39 is 42.8 Å². The molecule has 0 aromatic heterocycles. The largest absolute Gasteiger partial charge is 0.454 e. The maximum absolute atomic E-state index is 12.4. The molecule has 11 heteroatoms. The predicted molar refractivity (Wildman–Crippen MR) is 123 cm³/mol. The number of aryl methyl sites for hydroxylation is 1. The SMILES string of the molecule is Cc1cc(Br)c(NC(=O)COC(=O)[C@H](CC(N)=O)NC(=O)c2ccc(Cl)cc2)c(Br)c1. The molecule has 0 aliphatic heterocycles. The summed E-state index contributed by atoms with van der Waals surface area (Å²) in [6, 6.07) is 8.17. The molecule has 2 aromatic carbocycles. The van der Waals surface area contributed by atoms with Crippen LogP contribution in [0.2, 0.25) is 5.02 Å². The molecule has 164 valence electrons. The standard InChI is InChI=1S/C20H18Br2ClN3O5/c1-10-6-13(21)18(14(22)7-10)26-17(28)9-31-20(30)15(8-16(24)27)25-19(29)11-2-4-12(23)5-3-11/h2-7,15H,8-9H2,1H3,(H2,24,27)(H,25,29)(H,26,28)/t15-/m0/s1. The molecule has 8 nitrogen and oxygen atoms in total. The second kappa shape index (κ2) is 11.3. The van der Waals surface area contributed by atoms with E-state index in [0.29, 0.717) is 19.7 Å². The monoisotopic (exact) mass is 573 g/mol. The van der Waals surface area contributed by atoms with Crippen molar-refractivity contribution in [3.05, 3.63) is 61.5 Å². The summed E-state index contributed by atoms with van der Waals surface area (Å²) in [5, 5.41) is 5.42. The van der Waals surface area contributed by atoms with Gasteiger partial charge in [0.1, 0.15) is 6.04 Å². The van der Waals surface area contributed by atoms with E-state index in [1.54, 1.807) is 0 Å². The van der Waals surface area contributed by atoms with Crippen LogP contribution in [0.3, 0.4) is 0 Å². The Bertz CT molecular complexity index is 991. The zero-order valence-electron chi connectivity index (χ0n) is 16.2. The molecule has 4 N–H and O–H groups in total. The molecule has 0 saturated carbocycles. The van der Waals surface area contributed by atoms with Gasteiger partial charge in [-0.25, -0.2) is 4.79 Å². The first-order chi connectivity index (χ1) is 14.6. The van der Waals surface area contributed by atoms with E-state index >= 15 is 0 Å². The second-order valence-electron chi connectivity index (χ2n) is 6.46. The average Bonchev–Trinajstić information content (AvgIpc) is 2.68. The van der Waals surface area contributed by atoms with Crippen molar-refractivity contribution >= 4 is 72.8 Å². The summed E-state index contributed by atoms with van der Waals surface area (Å²) in [6.45, 7) is 1.26. The van der Waals surface area contributed by atoms with Gasteiger partial charge in [0.15, 0.2) is 6.61 Å². The van der Waals surface area contributed by atoms with Crippen LogP contribution in [0, 0.1) is 6.92 Å². The van der Waals surface area contributed by atoms with Gasteiger partial charge in [0.25, 0.3) is 11.8 Å². The number of anilines is 1. The molecular weight excluding hydrogens is 557 g/mol. The minimum atomic E-state index is -1.36. The van der Waals surface area contributed by atoms with Crippen molar-refractivity contribution in [1.29, 1.82) is 0 Å². The normalized spacial score (nSPS) is 11.4. The first-order valence-corrected chi connectivity index (χ1v) is 10.8. The highest BCUT2D eigenvalue weighted by molar-refractivity contribution is 9.11. The van der Waals surface area contributed by atoms with Crippen molar-refractivity contribution < 1.29 is 23.9 Å². The number of halogens is 3. The van der Waals surface area contributed by atoms with Gasteiger partial charge >= 0.3 is 5.97 Å². The van der Waals surface area contributed by atoms with Crippen LogP contribution in [0.5, 0.6) is 0 Å². The Hall–Kier alpha value is -2.43. The number of nitrogens with one attached hydrogen (secondary N) is 2. The molecule has 0 saturated heterocycles.